The molecule has 1 unspecified atom stereocenters. The minimum absolute atomic E-state index is 0.209. The molecule has 1 aromatic carbocycles. The smallest absolute Gasteiger partial charge is 0.288 e. The number of hydrogen-bond acceptors (Lipinski definition) is 4. The number of aromatic nitrogens is 3. The summed E-state index contributed by atoms with van der Waals surface area (Å²) in [4.78, 5) is 18.3. The van der Waals surface area contributed by atoms with Gasteiger partial charge in [0.25, 0.3) is 5.91 Å². The molecule has 1 aliphatic heterocycles. The van der Waals surface area contributed by atoms with E-state index in [2.05, 4.69) is 37.5 Å². The Labute approximate surface area is 123 Å². The highest BCUT2D eigenvalue weighted by Crippen LogP contribution is 2.24. The molecule has 1 amide bonds. The van der Waals surface area contributed by atoms with E-state index in [1.807, 2.05) is 18.2 Å². The number of likely N-dealkylation sites (tertiary alicyclic amines) is 1. The molecule has 3 rings (SSSR count). The van der Waals surface area contributed by atoms with Crippen LogP contribution < -0.4 is 5.32 Å². The average Bonchev–Trinajstić information content (AvgIpc) is 3.22. The molecule has 1 saturated heterocycles. The standard InChI is InChI=1S/C15H19N5O/c21-15(14-17-11-18-19-14)16-10-13(20-8-4-5-9-20)12-6-2-1-3-7-12/h1-3,6-7,11,13H,4-5,8-10H2,(H,16,21)(H,17,18,19). The third-order valence-electron chi connectivity index (χ3n) is 3.85. The van der Waals surface area contributed by atoms with E-state index in [4.69, 9.17) is 0 Å². The lowest BCUT2D eigenvalue weighted by Crippen LogP contribution is -2.37. The van der Waals surface area contributed by atoms with Crippen LogP contribution in [0.1, 0.15) is 35.1 Å². The van der Waals surface area contributed by atoms with Gasteiger partial charge in [0.1, 0.15) is 6.33 Å². The number of hydrogen-bond donors (Lipinski definition) is 2. The molecule has 2 aromatic rings. The summed E-state index contributed by atoms with van der Waals surface area (Å²) in [5.74, 6) is 0.0378. The molecule has 0 saturated carbocycles. The Morgan fingerprint density at radius 1 is 1.29 bits per heavy atom. The van der Waals surface area contributed by atoms with Crippen LogP contribution in [0, 0.1) is 0 Å². The molecule has 1 fully saturated rings. The molecule has 1 aliphatic rings. The van der Waals surface area contributed by atoms with Crippen LogP contribution in [0.4, 0.5) is 0 Å². The van der Waals surface area contributed by atoms with Crippen LogP contribution in [0.5, 0.6) is 0 Å². The van der Waals surface area contributed by atoms with Gasteiger partial charge in [0.15, 0.2) is 0 Å². The average molecular weight is 285 g/mol. The minimum atomic E-state index is -0.215. The van der Waals surface area contributed by atoms with Gasteiger partial charge in [-0.1, -0.05) is 30.3 Å². The van der Waals surface area contributed by atoms with Crippen molar-refractivity contribution in [1.29, 1.82) is 0 Å². The Bertz CT molecular complexity index is 563. The highest BCUT2D eigenvalue weighted by atomic mass is 16.2. The fraction of sp³-hybridized carbons (Fsp3) is 0.400. The normalized spacial score (nSPS) is 16.8. The van der Waals surface area contributed by atoms with Crippen molar-refractivity contribution in [3.8, 4) is 0 Å². The predicted octanol–water partition coefficient (Wildman–Crippen LogP) is 1.37. The van der Waals surface area contributed by atoms with Crippen LogP contribution >= 0.6 is 0 Å². The summed E-state index contributed by atoms with van der Waals surface area (Å²) in [6.07, 6.45) is 3.78. The maximum absolute atomic E-state index is 12.0. The maximum atomic E-state index is 12.0. The summed E-state index contributed by atoms with van der Waals surface area (Å²) in [6.45, 7) is 2.74. The Kier molecular flexibility index (Phi) is 4.25. The minimum Gasteiger partial charge on any atom is -0.347 e. The van der Waals surface area contributed by atoms with Crippen LogP contribution in [0.15, 0.2) is 36.7 Å². The first-order valence-electron chi connectivity index (χ1n) is 7.27. The van der Waals surface area contributed by atoms with Gasteiger partial charge in [0, 0.05) is 6.54 Å². The van der Waals surface area contributed by atoms with Gasteiger partial charge in [-0.2, -0.15) is 5.10 Å². The van der Waals surface area contributed by atoms with Crippen molar-refractivity contribution in [3.63, 3.8) is 0 Å². The van der Waals surface area contributed by atoms with E-state index in [-0.39, 0.29) is 17.8 Å². The molecular formula is C15H19N5O. The highest BCUT2D eigenvalue weighted by molar-refractivity contribution is 5.90. The topological polar surface area (TPSA) is 73.9 Å². The summed E-state index contributed by atoms with van der Waals surface area (Å²) >= 11 is 0. The number of H-pyrrole nitrogens is 1. The van der Waals surface area contributed by atoms with Crippen molar-refractivity contribution in [2.45, 2.75) is 18.9 Å². The first-order chi connectivity index (χ1) is 10.3. The van der Waals surface area contributed by atoms with Crippen molar-refractivity contribution in [2.75, 3.05) is 19.6 Å². The number of benzene rings is 1. The van der Waals surface area contributed by atoms with Crippen LogP contribution in [-0.2, 0) is 0 Å². The number of carbonyl (C=O) groups excluding carboxylic acids is 1. The van der Waals surface area contributed by atoms with Gasteiger partial charge in [0.05, 0.1) is 6.04 Å². The van der Waals surface area contributed by atoms with E-state index in [9.17, 15) is 4.79 Å². The second-order valence-electron chi connectivity index (χ2n) is 5.21. The molecule has 0 spiro atoms. The number of aromatic amines is 1. The van der Waals surface area contributed by atoms with Crippen LogP contribution in [-0.4, -0.2) is 45.6 Å². The molecule has 6 heteroatoms. The van der Waals surface area contributed by atoms with Gasteiger partial charge in [-0.3, -0.25) is 14.8 Å². The van der Waals surface area contributed by atoms with E-state index in [1.165, 1.54) is 24.7 Å². The molecule has 0 bridgehead atoms. The third-order valence-corrected chi connectivity index (χ3v) is 3.85. The first kappa shape index (κ1) is 13.8. The predicted molar refractivity (Wildman–Crippen MR) is 78.7 cm³/mol. The molecule has 1 aromatic heterocycles. The SMILES string of the molecule is O=C(NCC(c1ccccc1)N1CCCC1)c1ncn[nH]1. The monoisotopic (exact) mass is 285 g/mol. The Hall–Kier alpha value is -2.21. The van der Waals surface area contributed by atoms with Crippen LogP contribution in [0.2, 0.25) is 0 Å². The van der Waals surface area contributed by atoms with Crippen molar-refractivity contribution in [1.82, 2.24) is 25.4 Å². The molecule has 2 heterocycles. The lowest BCUT2D eigenvalue weighted by atomic mass is 10.1. The molecule has 2 N–H and O–H groups in total. The summed E-state index contributed by atoms with van der Waals surface area (Å²) in [5.41, 5.74) is 1.23. The number of rotatable bonds is 5. The summed E-state index contributed by atoms with van der Waals surface area (Å²) < 4.78 is 0. The van der Waals surface area contributed by atoms with Gasteiger partial charge < -0.3 is 5.32 Å². The summed E-state index contributed by atoms with van der Waals surface area (Å²) in [7, 11) is 0. The van der Waals surface area contributed by atoms with Crippen LogP contribution in [0.3, 0.4) is 0 Å². The Morgan fingerprint density at radius 2 is 2.05 bits per heavy atom. The number of carbonyl (C=O) groups is 1. The zero-order chi connectivity index (χ0) is 14.5. The summed E-state index contributed by atoms with van der Waals surface area (Å²) in [6, 6.07) is 10.5. The lowest BCUT2D eigenvalue weighted by Gasteiger charge is -2.28. The van der Waals surface area contributed by atoms with Gasteiger partial charge in [-0.15, -0.1) is 0 Å². The van der Waals surface area contributed by atoms with Gasteiger partial charge >= 0.3 is 0 Å². The second-order valence-corrected chi connectivity index (χ2v) is 5.21. The van der Waals surface area contributed by atoms with Gasteiger partial charge in [-0.25, -0.2) is 4.98 Å². The second kappa shape index (κ2) is 6.49. The maximum Gasteiger partial charge on any atom is 0.288 e. The molecule has 110 valence electrons. The largest absolute Gasteiger partial charge is 0.347 e. The molecule has 0 aliphatic carbocycles. The number of amides is 1. The molecule has 1 atom stereocenters. The molecule has 6 nitrogen and oxygen atoms in total. The third kappa shape index (κ3) is 3.28. The fourth-order valence-corrected chi connectivity index (χ4v) is 2.77. The molecule has 0 radical (unpaired) electrons. The van der Waals surface area contributed by atoms with Gasteiger partial charge in [-0.05, 0) is 31.5 Å². The molecule has 21 heavy (non-hydrogen) atoms. The van der Waals surface area contributed by atoms with Crippen molar-refractivity contribution in [3.05, 3.63) is 48.0 Å². The van der Waals surface area contributed by atoms with Crippen molar-refractivity contribution < 1.29 is 4.79 Å². The van der Waals surface area contributed by atoms with E-state index in [0.717, 1.165) is 13.1 Å². The van der Waals surface area contributed by atoms with Gasteiger partial charge in [0.2, 0.25) is 5.82 Å². The van der Waals surface area contributed by atoms with Crippen LogP contribution in [0.25, 0.3) is 0 Å². The van der Waals surface area contributed by atoms with E-state index >= 15 is 0 Å². The van der Waals surface area contributed by atoms with E-state index in [0.29, 0.717) is 6.54 Å². The Balaban J connectivity index is 1.69. The summed E-state index contributed by atoms with van der Waals surface area (Å²) in [5, 5.41) is 9.23. The first-order valence-corrected chi connectivity index (χ1v) is 7.27. The number of nitrogens with one attached hydrogen (secondary N) is 2. The van der Waals surface area contributed by atoms with Crippen molar-refractivity contribution in [2.24, 2.45) is 0 Å². The van der Waals surface area contributed by atoms with E-state index < -0.39 is 0 Å². The van der Waals surface area contributed by atoms with Crippen molar-refractivity contribution >= 4 is 5.91 Å². The lowest BCUT2D eigenvalue weighted by molar-refractivity contribution is 0.0928. The fourth-order valence-electron chi connectivity index (χ4n) is 2.77. The number of nitrogens with zero attached hydrogens (tertiary/aromatic N) is 3. The quantitative estimate of drug-likeness (QED) is 0.870. The zero-order valence-corrected chi connectivity index (χ0v) is 11.8. The Morgan fingerprint density at radius 3 is 2.71 bits per heavy atom. The zero-order valence-electron chi connectivity index (χ0n) is 11.8. The molecular weight excluding hydrogens is 266 g/mol. The van der Waals surface area contributed by atoms with E-state index in [1.54, 1.807) is 0 Å². The highest BCUT2D eigenvalue weighted by Gasteiger charge is 2.24.